The lowest BCUT2D eigenvalue weighted by Gasteiger charge is -2.23. The van der Waals surface area contributed by atoms with Crippen molar-refractivity contribution in [3.63, 3.8) is 0 Å². The second kappa shape index (κ2) is 8.63. The maximum absolute atomic E-state index is 12.9. The molecule has 0 saturated carbocycles. The first-order valence-corrected chi connectivity index (χ1v) is 9.59. The number of hydrogen-bond donors (Lipinski definition) is 1. The van der Waals surface area contributed by atoms with Crippen LogP contribution in [0.5, 0.6) is 0 Å². The Hall–Kier alpha value is -2.90. The quantitative estimate of drug-likeness (QED) is 0.737. The molecule has 1 aliphatic heterocycles. The van der Waals surface area contributed by atoms with Crippen LogP contribution >= 0.6 is 11.6 Å². The fourth-order valence-electron chi connectivity index (χ4n) is 3.30. The van der Waals surface area contributed by atoms with E-state index < -0.39 is 6.04 Å². The molecule has 1 aliphatic rings. The van der Waals surface area contributed by atoms with Crippen LogP contribution in [0, 0.1) is 0 Å². The molecule has 1 atom stereocenters. The Morgan fingerprint density at radius 2 is 1.72 bits per heavy atom. The van der Waals surface area contributed by atoms with Crippen molar-refractivity contribution in [3.8, 4) is 0 Å². The average molecular weight is 415 g/mol. The summed E-state index contributed by atoms with van der Waals surface area (Å²) in [5.74, 6) is -0.388. The van der Waals surface area contributed by atoms with E-state index >= 15 is 0 Å². The van der Waals surface area contributed by atoms with Crippen molar-refractivity contribution in [2.45, 2.75) is 19.5 Å². The lowest BCUT2D eigenvalue weighted by atomic mass is 10.1. The number of hydrogen-bond acceptors (Lipinski definition) is 4. The first kappa shape index (κ1) is 20.8. The van der Waals surface area contributed by atoms with Crippen molar-refractivity contribution in [2.75, 3.05) is 25.7 Å². The summed E-state index contributed by atoms with van der Waals surface area (Å²) >= 11 is 5.92. The van der Waals surface area contributed by atoms with E-state index in [4.69, 9.17) is 11.6 Å². The molecule has 0 bridgehead atoms. The van der Waals surface area contributed by atoms with Crippen molar-refractivity contribution in [2.24, 2.45) is 0 Å². The van der Waals surface area contributed by atoms with E-state index in [9.17, 15) is 14.4 Å². The summed E-state index contributed by atoms with van der Waals surface area (Å²) in [6.45, 7) is 2.41. The van der Waals surface area contributed by atoms with E-state index in [-0.39, 0.29) is 24.5 Å². The van der Waals surface area contributed by atoms with E-state index in [1.807, 2.05) is 24.1 Å². The number of imide groups is 1. The molecular formula is C21H23ClN4O3. The number of urea groups is 1. The van der Waals surface area contributed by atoms with Crippen LogP contribution in [0.1, 0.15) is 22.8 Å². The van der Waals surface area contributed by atoms with Crippen molar-refractivity contribution in [1.29, 1.82) is 0 Å². The number of halogens is 1. The zero-order chi connectivity index (χ0) is 21.1. The number of amides is 4. The molecule has 2 aromatic carbocycles. The maximum atomic E-state index is 12.9. The smallest absolute Gasteiger partial charge is 0.333 e. The second-order valence-electron chi connectivity index (χ2n) is 7.00. The molecule has 7 nitrogen and oxygen atoms in total. The van der Waals surface area contributed by atoms with Gasteiger partial charge in [0.05, 0.1) is 6.67 Å². The minimum atomic E-state index is -0.580. The predicted molar refractivity (Wildman–Crippen MR) is 112 cm³/mol. The number of nitrogens with zero attached hydrogens (tertiary/aromatic N) is 3. The highest BCUT2D eigenvalue weighted by Gasteiger charge is 2.43. The lowest BCUT2D eigenvalue weighted by Crippen LogP contribution is -2.40. The van der Waals surface area contributed by atoms with Crippen LogP contribution in [0.25, 0.3) is 0 Å². The molecule has 4 amide bonds. The van der Waals surface area contributed by atoms with Gasteiger partial charge in [0.15, 0.2) is 0 Å². The van der Waals surface area contributed by atoms with Crippen molar-refractivity contribution >= 4 is 35.1 Å². The molecule has 0 radical (unpaired) electrons. The third-order valence-corrected chi connectivity index (χ3v) is 5.08. The Morgan fingerprint density at radius 3 is 2.31 bits per heavy atom. The van der Waals surface area contributed by atoms with Crippen LogP contribution in [0.3, 0.4) is 0 Å². The second-order valence-corrected chi connectivity index (χ2v) is 7.44. The highest BCUT2D eigenvalue weighted by molar-refractivity contribution is 6.30. The molecule has 1 unspecified atom stereocenters. The predicted octanol–water partition coefficient (Wildman–Crippen LogP) is 2.95. The maximum Gasteiger partial charge on any atom is 0.333 e. The fraction of sp³-hybridized carbons (Fsp3) is 0.286. The SMILES string of the molecule is CNC(=O)c1ccc(CN(C)CN2C(=O)C(C)N(c3ccc(Cl)cc3)C2=O)cc1. The Bertz CT molecular complexity index is 915. The van der Waals surface area contributed by atoms with E-state index in [1.54, 1.807) is 50.4 Å². The zero-order valence-electron chi connectivity index (χ0n) is 16.6. The van der Waals surface area contributed by atoms with Gasteiger partial charge in [0.2, 0.25) is 0 Å². The van der Waals surface area contributed by atoms with Gasteiger partial charge in [-0.1, -0.05) is 23.7 Å². The van der Waals surface area contributed by atoms with Gasteiger partial charge in [-0.2, -0.15) is 0 Å². The standard InChI is InChI=1S/C21H23ClN4O3/c1-14-20(28)25(21(29)26(14)18-10-8-17(22)9-11-18)13-24(3)12-15-4-6-16(7-5-15)19(27)23-2/h4-11,14H,12-13H2,1-3H3,(H,23,27). The van der Waals surface area contributed by atoms with E-state index in [2.05, 4.69) is 5.32 Å². The summed E-state index contributed by atoms with van der Waals surface area (Å²) in [7, 11) is 3.42. The van der Waals surface area contributed by atoms with Gasteiger partial charge >= 0.3 is 6.03 Å². The van der Waals surface area contributed by atoms with E-state index in [0.717, 1.165) is 5.56 Å². The van der Waals surface area contributed by atoms with Gasteiger partial charge in [-0.15, -0.1) is 0 Å². The zero-order valence-corrected chi connectivity index (χ0v) is 17.3. The largest absolute Gasteiger partial charge is 0.355 e. The van der Waals surface area contributed by atoms with Crippen LogP contribution in [0.4, 0.5) is 10.5 Å². The Labute approximate surface area is 174 Å². The van der Waals surface area contributed by atoms with Crippen molar-refractivity contribution in [1.82, 2.24) is 15.1 Å². The number of carbonyl (C=O) groups excluding carboxylic acids is 3. The molecular weight excluding hydrogens is 392 g/mol. The van der Waals surface area contributed by atoms with Gasteiger partial charge in [0.1, 0.15) is 6.04 Å². The summed E-state index contributed by atoms with van der Waals surface area (Å²) < 4.78 is 0. The van der Waals surface area contributed by atoms with Crippen LogP contribution < -0.4 is 10.2 Å². The van der Waals surface area contributed by atoms with Crippen LogP contribution in [0.15, 0.2) is 48.5 Å². The van der Waals surface area contributed by atoms with Crippen LogP contribution in [-0.2, 0) is 11.3 Å². The number of rotatable bonds is 6. The molecule has 0 spiro atoms. The number of benzene rings is 2. The van der Waals surface area contributed by atoms with E-state index in [1.165, 1.54) is 9.80 Å². The highest BCUT2D eigenvalue weighted by Crippen LogP contribution is 2.27. The summed E-state index contributed by atoms with van der Waals surface area (Å²) in [6.07, 6.45) is 0. The Kier molecular flexibility index (Phi) is 6.20. The number of carbonyl (C=O) groups is 3. The van der Waals surface area contributed by atoms with Crippen LogP contribution in [0.2, 0.25) is 5.02 Å². The molecule has 0 aromatic heterocycles. The molecule has 1 saturated heterocycles. The third-order valence-electron chi connectivity index (χ3n) is 4.83. The number of nitrogens with one attached hydrogen (secondary N) is 1. The monoisotopic (exact) mass is 414 g/mol. The molecule has 152 valence electrons. The Balaban J connectivity index is 1.67. The van der Waals surface area contributed by atoms with Gasteiger partial charge in [-0.05, 0) is 55.9 Å². The summed E-state index contributed by atoms with van der Waals surface area (Å²) in [5.41, 5.74) is 2.19. The summed E-state index contributed by atoms with van der Waals surface area (Å²) in [6, 6.07) is 13.1. The van der Waals surface area contributed by atoms with Gasteiger partial charge in [0, 0.05) is 29.9 Å². The molecule has 1 fully saturated rings. The molecule has 2 aromatic rings. The van der Waals surface area contributed by atoms with Gasteiger partial charge in [0.25, 0.3) is 11.8 Å². The minimum absolute atomic E-state index is 0.144. The number of anilines is 1. The van der Waals surface area contributed by atoms with E-state index in [0.29, 0.717) is 22.8 Å². The topological polar surface area (TPSA) is 73.0 Å². The van der Waals surface area contributed by atoms with Crippen LogP contribution in [-0.4, -0.2) is 54.5 Å². The van der Waals surface area contributed by atoms with Gasteiger partial charge in [-0.3, -0.25) is 19.4 Å². The van der Waals surface area contributed by atoms with Crippen molar-refractivity contribution < 1.29 is 14.4 Å². The molecule has 1 heterocycles. The van der Waals surface area contributed by atoms with Crippen molar-refractivity contribution in [3.05, 3.63) is 64.7 Å². The molecule has 3 rings (SSSR count). The Morgan fingerprint density at radius 1 is 1.10 bits per heavy atom. The summed E-state index contributed by atoms with van der Waals surface area (Å²) in [4.78, 5) is 41.8. The minimum Gasteiger partial charge on any atom is -0.355 e. The van der Waals surface area contributed by atoms with Gasteiger partial charge < -0.3 is 5.32 Å². The normalized spacial score (nSPS) is 16.7. The first-order chi connectivity index (χ1) is 13.8. The molecule has 29 heavy (non-hydrogen) atoms. The van der Waals surface area contributed by atoms with Gasteiger partial charge in [-0.25, -0.2) is 9.69 Å². The lowest BCUT2D eigenvalue weighted by molar-refractivity contribution is -0.128. The average Bonchev–Trinajstić information content (AvgIpc) is 2.92. The highest BCUT2D eigenvalue weighted by atomic mass is 35.5. The first-order valence-electron chi connectivity index (χ1n) is 9.21. The summed E-state index contributed by atoms with van der Waals surface area (Å²) in [5, 5.41) is 3.15. The molecule has 0 aliphatic carbocycles. The molecule has 8 heteroatoms. The fourth-order valence-corrected chi connectivity index (χ4v) is 3.43. The third kappa shape index (κ3) is 4.41. The molecule has 1 N–H and O–H groups in total.